The molecule has 4 N–H and O–H groups in total. The molecule has 4 heteroatoms. The Hall–Kier alpha value is -0.600. The molecule has 0 saturated heterocycles. The van der Waals surface area contributed by atoms with E-state index in [0.717, 1.165) is 25.7 Å². The van der Waals surface area contributed by atoms with Crippen molar-refractivity contribution in [3.8, 4) is 12.3 Å². The fourth-order valence-electron chi connectivity index (χ4n) is 7.55. The van der Waals surface area contributed by atoms with E-state index in [0.29, 0.717) is 19.3 Å². The van der Waals surface area contributed by atoms with Crippen molar-refractivity contribution in [3.05, 3.63) is 0 Å². The lowest BCUT2D eigenvalue weighted by Gasteiger charge is -2.63. The second kappa shape index (κ2) is 5.45. The van der Waals surface area contributed by atoms with E-state index in [2.05, 4.69) is 12.8 Å². The largest absolute Gasteiger partial charge is 0.393 e. The van der Waals surface area contributed by atoms with Crippen LogP contribution in [0.2, 0.25) is 0 Å². The number of hydrogen-bond donors (Lipinski definition) is 4. The molecular weight excluding hydrogens is 316 g/mol. The highest BCUT2D eigenvalue weighted by molar-refractivity contribution is 5.25. The van der Waals surface area contributed by atoms with Gasteiger partial charge in [0.15, 0.2) is 0 Å². The van der Waals surface area contributed by atoms with Gasteiger partial charge in [0, 0.05) is 5.41 Å². The average molecular weight is 348 g/mol. The van der Waals surface area contributed by atoms with Crippen LogP contribution in [0.3, 0.4) is 0 Å². The van der Waals surface area contributed by atoms with Crippen LogP contribution in [0.25, 0.3) is 0 Å². The van der Waals surface area contributed by atoms with Gasteiger partial charge in [0.1, 0.15) is 5.60 Å². The minimum atomic E-state index is -1.19. The van der Waals surface area contributed by atoms with Gasteiger partial charge in [0.25, 0.3) is 0 Å². The molecule has 0 heterocycles. The fourth-order valence-corrected chi connectivity index (χ4v) is 7.55. The normalized spacial score (nSPS) is 60.9. The van der Waals surface area contributed by atoms with E-state index < -0.39 is 23.2 Å². The quantitative estimate of drug-likeness (QED) is 0.502. The zero-order valence-electron chi connectivity index (χ0n) is 15.4. The number of terminal acetylenes is 1. The van der Waals surface area contributed by atoms with Crippen LogP contribution in [0.15, 0.2) is 0 Å². The van der Waals surface area contributed by atoms with Gasteiger partial charge in [0.05, 0.1) is 18.3 Å². The van der Waals surface area contributed by atoms with Gasteiger partial charge in [-0.15, -0.1) is 6.42 Å². The van der Waals surface area contributed by atoms with Crippen LogP contribution in [0.5, 0.6) is 0 Å². The molecular formula is C21H32O4. The van der Waals surface area contributed by atoms with Crippen molar-refractivity contribution < 1.29 is 20.4 Å². The van der Waals surface area contributed by atoms with E-state index in [4.69, 9.17) is 6.42 Å². The molecule has 0 amide bonds. The number of hydrogen-bond acceptors (Lipinski definition) is 4. The Morgan fingerprint density at radius 3 is 2.40 bits per heavy atom. The molecule has 4 aliphatic rings. The summed E-state index contributed by atoms with van der Waals surface area (Å²) in [6.45, 7) is 4.26. The predicted molar refractivity (Wildman–Crippen MR) is 94.3 cm³/mol. The summed E-state index contributed by atoms with van der Waals surface area (Å²) in [5.74, 6) is 3.00. The SMILES string of the molecule is C#C[C@]1(O)CC[C@H]2[C@H]3[C@H]([C@@H](O)C[C@@]21C)[C@@]1(C)CC[C@H](O)C[C@H]1C[C@@H]3O. The Kier molecular flexibility index (Phi) is 3.88. The highest BCUT2D eigenvalue weighted by atomic mass is 16.3. The Balaban J connectivity index is 1.75. The lowest BCUT2D eigenvalue weighted by atomic mass is 9.43. The minimum Gasteiger partial charge on any atom is -0.393 e. The standard InChI is InChI=1S/C21H32O4/c1-4-21(25)8-6-14-17-15(23)10-12-9-13(22)5-7-19(12,2)18(17)16(24)11-20(14,21)3/h1,12-18,22-25H,5-11H2,2-3H3/t12-,13-,14-,15-,16-,17+,18-,19-,20-,21-/m0/s1. The Morgan fingerprint density at radius 2 is 1.72 bits per heavy atom. The molecule has 0 aromatic heterocycles. The monoisotopic (exact) mass is 348 g/mol. The molecule has 4 fully saturated rings. The van der Waals surface area contributed by atoms with Gasteiger partial charge in [-0.3, -0.25) is 0 Å². The molecule has 10 atom stereocenters. The smallest absolute Gasteiger partial charge is 0.130 e. The maximum atomic E-state index is 11.2. The molecule has 4 saturated carbocycles. The molecule has 4 rings (SSSR count). The third-order valence-electron chi connectivity index (χ3n) is 8.98. The molecule has 140 valence electrons. The van der Waals surface area contributed by atoms with Gasteiger partial charge in [-0.25, -0.2) is 0 Å². The number of rotatable bonds is 0. The highest BCUT2D eigenvalue weighted by Gasteiger charge is 2.68. The van der Waals surface area contributed by atoms with Crippen molar-refractivity contribution in [1.29, 1.82) is 0 Å². The first kappa shape index (κ1) is 17.8. The first-order valence-electron chi connectivity index (χ1n) is 9.90. The van der Waals surface area contributed by atoms with Crippen LogP contribution < -0.4 is 0 Å². The summed E-state index contributed by atoms with van der Waals surface area (Å²) in [6.07, 6.45) is 9.27. The molecule has 4 nitrogen and oxygen atoms in total. The van der Waals surface area contributed by atoms with Crippen LogP contribution in [-0.2, 0) is 0 Å². The van der Waals surface area contributed by atoms with E-state index >= 15 is 0 Å². The van der Waals surface area contributed by atoms with Crippen molar-refractivity contribution in [1.82, 2.24) is 0 Å². The summed E-state index contributed by atoms with van der Waals surface area (Å²) in [5, 5.41) is 43.3. The van der Waals surface area contributed by atoms with Gasteiger partial charge in [-0.2, -0.15) is 0 Å². The summed E-state index contributed by atoms with van der Waals surface area (Å²) in [7, 11) is 0. The van der Waals surface area contributed by atoms with Gasteiger partial charge >= 0.3 is 0 Å². The van der Waals surface area contributed by atoms with Crippen LogP contribution in [0.1, 0.15) is 58.8 Å². The van der Waals surface area contributed by atoms with Crippen LogP contribution >= 0.6 is 0 Å². The molecule has 0 aliphatic heterocycles. The van der Waals surface area contributed by atoms with Crippen molar-refractivity contribution in [2.24, 2.45) is 34.5 Å². The summed E-state index contributed by atoms with van der Waals surface area (Å²) in [6, 6.07) is 0. The maximum Gasteiger partial charge on any atom is 0.130 e. The van der Waals surface area contributed by atoms with E-state index in [1.54, 1.807) is 0 Å². The van der Waals surface area contributed by atoms with Crippen molar-refractivity contribution in [2.75, 3.05) is 0 Å². The summed E-state index contributed by atoms with van der Waals surface area (Å²) >= 11 is 0. The summed E-state index contributed by atoms with van der Waals surface area (Å²) < 4.78 is 0. The average Bonchev–Trinajstić information content (AvgIpc) is 2.81. The zero-order valence-corrected chi connectivity index (χ0v) is 15.4. The second-order valence-electron chi connectivity index (χ2n) is 9.88. The first-order valence-corrected chi connectivity index (χ1v) is 9.90. The van der Waals surface area contributed by atoms with Crippen LogP contribution in [-0.4, -0.2) is 44.3 Å². The van der Waals surface area contributed by atoms with Crippen molar-refractivity contribution >= 4 is 0 Å². The van der Waals surface area contributed by atoms with Gasteiger partial charge < -0.3 is 20.4 Å². The summed E-state index contributed by atoms with van der Waals surface area (Å²) in [4.78, 5) is 0. The number of fused-ring (bicyclic) bond motifs is 5. The third-order valence-corrected chi connectivity index (χ3v) is 8.98. The highest BCUT2D eigenvalue weighted by Crippen LogP contribution is 2.68. The lowest BCUT2D eigenvalue weighted by molar-refractivity contribution is -0.221. The zero-order chi connectivity index (χ0) is 18.2. The number of aliphatic hydroxyl groups is 4. The van der Waals surface area contributed by atoms with Crippen molar-refractivity contribution in [3.63, 3.8) is 0 Å². The summed E-state index contributed by atoms with van der Waals surface area (Å²) in [5.41, 5.74) is -1.79. The van der Waals surface area contributed by atoms with Crippen molar-refractivity contribution in [2.45, 2.75) is 82.7 Å². The van der Waals surface area contributed by atoms with E-state index in [1.165, 1.54) is 0 Å². The molecule has 0 spiro atoms. The fraction of sp³-hybridized carbons (Fsp3) is 0.905. The molecule has 25 heavy (non-hydrogen) atoms. The van der Waals surface area contributed by atoms with E-state index in [-0.39, 0.29) is 35.2 Å². The number of aliphatic hydroxyl groups excluding tert-OH is 3. The Morgan fingerprint density at radius 1 is 1.00 bits per heavy atom. The molecule has 4 aliphatic carbocycles. The van der Waals surface area contributed by atoms with E-state index in [9.17, 15) is 20.4 Å². The lowest BCUT2D eigenvalue weighted by Crippen LogP contribution is -2.64. The molecule has 0 aromatic carbocycles. The Bertz CT molecular complexity index is 599. The van der Waals surface area contributed by atoms with Gasteiger partial charge in [-0.1, -0.05) is 19.8 Å². The molecule has 0 unspecified atom stereocenters. The second-order valence-corrected chi connectivity index (χ2v) is 9.88. The topological polar surface area (TPSA) is 80.9 Å². The van der Waals surface area contributed by atoms with Crippen LogP contribution in [0, 0.1) is 46.8 Å². The predicted octanol–water partition coefficient (Wildman–Crippen LogP) is 1.70. The molecule has 0 radical (unpaired) electrons. The third kappa shape index (κ3) is 2.16. The van der Waals surface area contributed by atoms with E-state index in [1.807, 2.05) is 6.92 Å². The Labute approximate surface area is 150 Å². The molecule has 0 bridgehead atoms. The van der Waals surface area contributed by atoms with Gasteiger partial charge in [-0.05, 0) is 74.0 Å². The van der Waals surface area contributed by atoms with Crippen LogP contribution in [0.4, 0.5) is 0 Å². The minimum absolute atomic E-state index is 0.0203. The van der Waals surface area contributed by atoms with Gasteiger partial charge in [0.2, 0.25) is 0 Å². The maximum absolute atomic E-state index is 11.2. The first-order chi connectivity index (χ1) is 11.7. The molecule has 0 aromatic rings.